The molecule has 8 heteroatoms. The van der Waals surface area contributed by atoms with Crippen molar-refractivity contribution in [2.45, 2.75) is 38.4 Å². The molecule has 1 aromatic heterocycles. The lowest BCUT2D eigenvalue weighted by Crippen LogP contribution is -2.49. The highest BCUT2D eigenvalue weighted by Crippen LogP contribution is 2.29. The van der Waals surface area contributed by atoms with Crippen molar-refractivity contribution < 1.29 is 9.59 Å². The molecule has 3 N–H and O–H groups in total. The summed E-state index contributed by atoms with van der Waals surface area (Å²) < 4.78 is 1.77. The Kier molecular flexibility index (Phi) is 4.32. The second-order valence-corrected chi connectivity index (χ2v) is 7.20. The number of carbonyl (C=O) groups excluding carboxylic acids is 2. The Morgan fingerprint density at radius 2 is 2.08 bits per heavy atom. The van der Waals surface area contributed by atoms with Crippen LogP contribution in [0.5, 0.6) is 0 Å². The maximum Gasteiger partial charge on any atom is 0.318 e. The van der Waals surface area contributed by atoms with Gasteiger partial charge in [0.2, 0.25) is 0 Å². The van der Waals surface area contributed by atoms with E-state index in [9.17, 15) is 9.59 Å². The molecule has 1 fully saturated rings. The maximum absolute atomic E-state index is 12.5. The minimum Gasteiger partial charge on any atom is -0.365 e. The summed E-state index contributed by atoms with van der Waals surface area (Å²) in [6.45, 7) is 1.37. The molecule has 0 bridgehead atoms. The van der Waals surface area contributed by atoms with Crippen LogP contribution in [0.15, 0.2) is 24.3 Å². The molecule has 4 rings (SSSR count). The number of nitrogens with two attached hydrogens (primary N) is 1. The minimum atomic E-state index is -0.553. The first-order valence-corrected chi connectivity index (χ1v) is 9.11. The lowest BCUT2D eigenvalue weighted by molar-refractivity contribution is 0.0997. The van der Waals surface area contributed by atoms with Crippen LogP contribution in [0.1, 0.15) is 35.3 Å². The Hall–Kier alpha value is -2.54. The van der Waals surface area contributed by atoms with Crippen molar-refractivity contribution in [3.63, 3.8) is 0 Å². The Morgan fingerprint density at radius 3 is 2.73 bits per heavy atom. The number of rotatable bonds is 3. The molecule has 0 unspecified atom stereocenters. The number of nitrogens with one attached hydrogen (secondary N) is 1. The van der Waals surface area contributed by atoms with Gasteiger partial charge >= 0.3 is 6.03 Å². The van der Waals surface area contributed by atoms with Crippen LogP contribution in [-0.4, -0.2) is 39.2 Å². The first-order valence-electron chi connectivity index (χ1n) is 8.74. The molecule has 1 aliphatic carbocycles. The fourth-order valence-corrected chi connectivity index (χ4v) is 3.60. The third kappa shape index (κ3) is 3.03. The van der Waals surface area contributed by atoms with Gasteiger partial charge in [0.15, 0.2) is 0 Å². The molecule has 0 atom stereocenters. The number of primary amides is 1. The van der Waals surface area contributed by atoms with Crippen molar-refractivity contribution in [1.82, 2.24) is 20.0 Å². The highest BCUT2D eigenvalue weighted by atomic mass is 35.5. The predicted molar refractivity (Wildman–Crippen MR) is 97.8 cm³/mol. The Morgan fingerprint density at radius 1 is 1.27 bits per heavy atom. The van der Waals surface area contributed by atoms with Crippen molar-refractivity contribution in [3.05, 3.63) is 40.5 Å². The summed E-state index contributed by atoms with van der Waals surface area (Å²) >= 11 is 6.07. The van der Waals surface area contributed by atoms with E-state index in [1.54, 1.807) is 27.8 Å². The summed E-state index contributed by atoms with van der Waals surface area (Å²) in [4.78, 5) is 26.3. The molecule has 1 aliphatic heterocycles. The highest BCUT2D eigenvalue weighted by molar-refractivity contribution is 6.30. The van der Waals surface area contributed by atoms with Crippen LogP contribution in [0.4, 0.5) is 4.79 Å². The summed E-state index contributed by atoms with van der Waals surface area (Å²) in [5, 5.41) is 8.16. The van der Waals surface area contributed by atoms with Gasteiger partial charge in [-0.1, -0.05) is 23.7 Å². The molecule has 1 saturated carbocycles. The van der Waals surface area contributed by atoms with Gasteiger partial charge in [0.1, 0.15) is 5.69 Å². The van der Waals surface area contributed by atoms with E-state index in [1.807, 2.05) is 6.07 Å². The molecule has 3 amide bonds. The zero-order chi connectivity index (χ0) is 18.3. The molecule has 1 aromatic carbocycles. The van der Waals surface area contributed by atoms with Gasteiger partial charge in [-0.25, -0.2) is 4.79 Å². The van der Waals surface area contributed by atoms with Crippen molar-refractivity contribution in [2.24, 2.45) is 5.73 Å². The van der Waals surface area contributed by atoms with E-state index in [-0.39, 0.29) is 12.1 Å². The summed E-state index contributed by atoms with van der Waals surface area (Å²) in [7, 11) is 0. The van der Waals surface area contributed by atoms with E-state index in [4.69, 9.17) is 17.3 Å². The molecule has 0 saturated heterocycles. The van der Waals surface area contributed by atoms with Gasteiger partial charge in [-0.2, -0.15) is 5.10 Å². The number of hydrogen-bond donors (Lipinski definition) is 2. The molecular formula is C18H20ClN5O2. The number of amides is 3. The number of aromatic nitrogens is 2. The Balaban J connectivity index is 1.65. The van der Waals surface area contributed by atoms with Crippen LogP contribution in [-0.2, 0) is 13.1 Å². The van der Waals surface area contributed by atoms with Crippen molar-refractivity contribution in [2.75, 3.05) is 6.54 Å². The maximum atomic E-state index is 12.5. The number of benzene rings is 1. The summed E-state index contributed by atoms with van der Waals surface area (Å²) in [6, 6.07) is 7.34. The average Bonchev–Trinajstić information content (AvgIpc) is 2.96. The van der Waals surface area contributed by atoms with E-state index in [2.05, 4.69) is 10.4 Å². The first kappa shape index (κ1) is 16.9. The van der Waals surface area contributed by atoms with Gasteiger partial charge in [-0.05, 0) is 31.4 Å². The lowest BCUT2D eigenvalue weighted by atomic mass is 9.93. The van der Waals surface area contributed by atoms with Gasteiger partial charge in [-0.3, -0.25) is 9.48 Å². The second kappa shape index (κ2) is 6.64. The topological polar surface area (TPSA) is 93.2 Å². The standard InChI is InChI=1S/C18H20ClN5O2/c19-12-4-1-3-11(9-12)16-15(17(20)25)14-10-23(7-8-24(14)22-16)18(26)21-13-5-2-6-13/h1,3-4,9,13H,2,5-8,10H2,(H2,20,25)(H,21,26). The monoisotopic (exact) mass is 373 g/mol. The van der Waals surface area contributed by atoms with Gasteiger partial charge in [0.25, 0.3) is 5.91 Å². The fraction of sp³-hybridized carbons (Fsp3) is 0.389. The van der Waals surface area contributed by atoms with Crippen LogP contribution in [0, 0.1) is 0 Å². The van der Waals surface area contributed by atoms with E-state index in [0.29, 0.717) is 41.6 Å². The number of carbonyl (C=O) groups is 2. The number of nitrogens with zero attached hydrogens (tertiary/aromatic N) is 3. The quantitative estimate of drug-likeness (QED) is 0.864. The molecular weight excluding hydrogens is 354 g/mol. The SMILES string of the molecule is NC(=O)c1c(-c2cccc(Cl)c2)nn2c1CN(C(=O)NC1CCC1)CC2. The summed E-state index contributed by atoms with van der Waals surface area (Å²) in [5.41, 5.74) is 7.92. The third-order valence-corrected chi connectivity index (χ3v) is 5.28. The van der Waals surface area contributed by atoms with Crippen LogP contribution >= 0.6 is 11.6 Å². The summed E-state index contributed by atoms with van der Waals surface area (Å²) in [6.07, 6.45) is 3.22. The lowest BCUT2D eigenvalue weighted by Gasteiger charge is -2.32. The van der Waals surface area contributed by atoms with Gasteiger partial charge in [0, 0.05) is 23.2 Å². The number of hydrogen-bond acceptors (Lipinski definition) is 3. The van der Waals surface area contributed by atoms with Gasteiger partial charge < -0.3 is 16.0 Å². The molecule has 2 aromatic rings. The zero-order valence-corrected chi connectivity index (χ0v) is 15.0. The molecule has 136 valence electrons. The molecule has 0 radical (unpaired) electrons. The number of halogens is 1. The van der Waals surface area contributed by atoms with Crippen LogP contribution < -0.4 is 11.1 Å². The van der Waals surface area contributed by atoms with Crippen LogP contribution in [0.25, 0.3) is 11.3 Å². The van der Waals surface area contributed by atoms with E-state index >= 15 is 0 Å². The van der Waals surface area contributed by atoms with Crippen molar-refractivity contribution in [3.8, 4) is 11.3 Å². The molecule has 26 heavy (non-hydrogen) atoms. The Bertz CT molecular complexity index is 874. The fourth-order valence-electron chi connectivity index (χ4n) is 3.41. The van der Waals surface area contributed by atoms with Gasteiger partial charge in [0.05, 0.1) is 24.3 Å². The smallest absolute Gasteiger partial charge is 0.318 e. The molecule has 2 aliphatic rings. The molecule has 7 nitrogen and oxygen atoms in total. The first-order chi connectivity index (χ1) is 12.5. The minimum absolute atomic E-state index is 0.0955. The molecule has 0 spiro atoms. The van der Waals surface area contributed by atoms with Gasteiger partial charge in [-0.15, -0.1) is 0 Å². The normalized spacial score (nSPS) is 16.7. The third-order valence-electron chi connectivity index (χ3n) is 5.04. The molecule has 2 heterocycles. The van der Waals surface area contributed by atoms with Crippen LogP contribution in [0.2, 0.25) is 5.02 Å². The summed E-state index contributed by atoms with van der Waals surface area (Å²) in [5.74, 6) is -0.553. The van der Waals surface area contributed by atoms with Crippen molar-refractivity contribution >= 4 is 23.5 Å². The van der Waals surface area contributed by atoms with E-state index < -0.39 is 5.91 Å². The number of fused-ring (bicyclic) bond motifs is 1. The average molecular weight is 374 g/mol. The highest BCUT2D eigenvalue weighted by Gasteiger charge is 2.31. The Labute approximate surface area is 156 Å². The van der Waals surface area contributed by atoms with E-state index in [0.717, 1.165) is 24.8 Å². The number of urea groups is 1. The zero-order valence-electron chi connectivity index (χ0n) is 14.2. The van der Waals surface area contributed by atoms with Crippen LogP contribution in [0.3, 0.4) is 0 Å². The van der Waals surface area contributed by atoms with E-state index in [1.165, 1.54) is 0 Å². The predicted octanol–water partition coefficient (Wildman–Crippen LogP) is 2.38. The van der Waals surface area contributed by atoms with Crippen molar-refractivity contribution in [1.29, 1.82) is 0 Å². The largest absolute Gasteiger partial charge is 0.365 e. The second-order valence-electron chi connectivity index (χ2n) is 6.77.